The van der Waals surface area contributed by atoms with Gasteiger partial charge in [-0.05, 0) is 49.2 Å². The minimum absolute atomic E-state index is 0. The predicted molar refractivity (Wildman–Crippen MR) is 119 cm³/mol. The number of hydrogen-bond acceptors (Lipinski definition) is 2. The van der Waals surface area contributed by atoms with Gasteiger partial charge in [-0.2, -0.15) is 0 Å². The Balaban J connectivity index is 0.00000392. The molecule has 0 saturated heterocycles. The van der Waals surface area contributed by atoms with E-state index in [4.69, 9.17) is 0 Å². The summed E-state index contributed by atoms with van der Waals surface area (Å²) in [4.78, 5) is 15.3. The first-order chi connectivity index (χ1) is 13.0. The van der Waals surface area contributed by atoms with Gasteiger partial charge in [0.05, 0.1) is 6.54 Å². The van der Waals surface area contributed by atoms with Crippen LogP contribution >= 0.6 is 24.0 Å². The Kier molecular flexibility index (Phi) is 10.4. The Hall–Kier alpha value is -2.23. The fourth-order valence-corrected chi connectivity index (χ4v) is 2.45. The number of nitrogens with zero attached hydrogens (tertiary/aromatic N) is 1. The molecule has 2 aromatic rings. The average molecular weight is 502 g/mol. The largest absolute Gasteiger partial charge is 0.357 e. The van der Waals surface area contributed by atoms with E-state index in [1.807, 2.05) is 31.2 Å². The van der Waals surface area contributed by atoms with E-state index in [0.29, 0.717) is 19.0 Å². The van der Waals surface area contributed by atoms with Crippen LogP contribution in [0.3, 0.4) is 0 Å². The lowest BCUT2D eigenvalue weighted by atomic mass is 10.1. The van der Waals surface area contributed by atoms with Crippen molar-refractivity contribution in [2.45, 2.75) is 26.8 Å². The van der Waals surface area contributed by atoms with Crippen molar-refractivity contribution in [3.05, 3.63) is 65.2 Å². The first-order valence-corrected chi connectivity index (χ1v) is 8.80. The lowest BCUT2D eigenvalue weighted by Gasteiger charge is -2.12. The van der Waals surface area contributed by atoms with Crippen LogP contribution in [-0.2, 0) is 17.8 Å². The van der Waals surface area contributed by atoms with E-state index < -0.39 is 11.6 Å². The van der Waals surface area contributed by atoms with Crippen molar-refractivity contribution in [1.29, 1.82) is 0 Å². The second kappa shape index (κ2) is 12.3. The summed E-state index contributed by atoms with van der Waals surface area (Å²) in [6, 6.07) is 10.9. The van der Waals surface area contributed by atoms with Crippen molar-refractivity contribution >= 4 is 41.5 Å². The standard InChI is InChI=1S/C20H24F2N4O.HI/c1-3-23-20(25-13-16-12-17(21)6-9-19(16)22)24-11-10-15-4-7-18(8-5-15)26-14(2)27;/h4-9,12H,3,10-11,13H2,1-2H3,(H,26,27)(H2,23,24,25);1H. The number of benzene rings is 2. The maximum Gasteiger partial charge on any atom is 0.221 e. The van der Waals surface area contributed by atoms with Gasteiger partial charge in [0.25, 0.3) is 0 Å². The van der Waals surface area contributed by atoms with Crippen LogP contribution in [0.4, 0.5) is 14.5 Å². The van der Waals surface area contributed by atoms with E-state index in [1.165, 1.54) is 6.92 Å². The number of amides is 1. The van der Waals surface area contributed by atoms with E-state index in [9.17, 15) is 13.6 Å². The summed E-state index contributed by atoms with van der Waals surface area (Å²) in [6.07, 6.45) is 0.749. The first kappa shape index (κ1) is 23.8. The van der Waals surface area contributed by atoms with E-state index in [2.05, 4.69) is 20.9 Å². The molecule has 8 heteroatoms. The summed E-state index contributed by atoms with van der Waals surface area (Å²) < 4.78 is 26.9. The molecule has 28 heavy (non-hydrogen) atoms. The van der Waals surface area contributed by atoms with Crippen molar-refractivity contribution in [3.8, 4) is 0 Å². The molecule has 0 aliphatic rings. The number of anilines is 1. The number of hydrogen-bond donors (Lipinski definition) is 3. The third-order valence-electron chi connectivity index (χ3n) is 3.74. The molecule has 0 fully saturated rings. The van der Waals surface area contributed by atoms with Gasteiger partial charge in [0.15, 0.2) is 5.96 Å². The van der Waals surface area contributed by atoms with Crippen LogP contribution in [0, 0.1) is 11.6 Å². The Morgan fingerprint density at radius 2 is 1.79 bits per heavy atom. The average Bonchev–Trinajstić information content (AvgIpc) is 2.63. The number of halogens is 3. The first-order valence-electron chi connectivity index (χ1n) is 8.80. The van der Waals surface area contributed by atoms with Crippen LogP contribution in [-0.4, -0.2) is 25.0 Å². The number of guanidine groups is 1. The Bertz CT molecular complexity index is 797. The summed E-state index contributed by atoms with van der Waals surface area (Å²) in [5.41, 5.74) is 2.07. The number of carbonyl (C=O) groups is 1. The fraction of sp³-hybridized carbons (Fsp3) is 0.300. The van der Waals surface area contributed by atoms with Gasteiger partial charge in [-0.15, -0.1) is 24.0 Å². The van der Waals surface area contributed by atoms with Crippen molar-refractivity contribution in [2.75, 3.05) is 18.4 Å². The quantitative estimate of drug-likeness (QED) is 0.307. The Morgan fingerprint density at radius 1 is 1.07 bits per heavy atom. The predicted octanol–water partition coefficient (Wildman–Crippen LogP) is 3.84. The second-order valence-corrected chi connectivity index (χ2v) is 5.99. The topological polar surface area (TPSA) is 65.5 Å². The zero-order chi connectivity index (χ0) is 19.6. The van der Waals surface area contributed by atoms with E-state index in [0.717, 1.165) is 35.9 Å². The van der Waals surface area contributed by atoms with Crippen LogP contribution in [0.5, 0.6) is 0 Å². The molecule has 0 unspecified atom stereocenters. The third kappa shape index (κ3) is 8.20. The lowest BCUT2D eigenvalue weighted by Crippen LogP contribution is -2.38. The molecule has 0 saturated carbocycles. The minimum atomic E-state index is -0.484. The molecule has 1 amide bonds. The molecule has 0 spiro atoms. The smallest absolute Gasteiger partial charge is 0.221 e. The summed E-state index contributed by atoms with van der Waals surface area (Å²) in [5.74, 6) is -0.529. The highest BCUT2D eigenvalue weighted by Crippen LogP contribution is 2.11. The maximum atomic E-state index is 13.7. The summed E-state index contributed by atoms with van der Waals surface area (Å²) >= 11 is 0. The molecular formula is C20H25F2IN4O. The maximum absolute atomic E-state index is 13.7. The highest BCUT2D eigenvalue weighted by molar-refractivity contribution is 14.0. The van der Waals surface area contributed by atoms with E-state index >= 15 is 0 Å². The number of rotatable bonds is 7. The molecule has 0 aromatic heterocycles. The van der Waals surface area contributed by atoms with Crippen LogP contribution < -0.4 is 16.0 Å². The molecule has 0 aliphatic carbocycles. The molecule has 0 atom stereocenters. The molecule has 0 radical (unpaired) electrons. The third-order valence-corrected chi connectivity index (χ3v) is 3.74. The fourth-order valence-electron chi connectivity index (χ4n) is 2.45. The van der Waals surface area contributed by atoms with Gasteiger partial charge < -0.3 is 16.0 Å². The van der Waals surface area contributed by atoms with Crippen LogP contribution in [0.15, 0.2) is 47.5 Å². The molecule has 2 rings (SSSR count). The molecule has 3 N–H and O–H groups in total. The van der Waals surface area contributed by atoms with Gasteiger partial charge in [0, 0.05) is 31.3 Å². The van der Waals surface area contributed by atoms with Gasteiger partial charge in [0.1, 0.15) is 11.6 Å². The second-order valence-electron chi connectivity index (χ2n) is 5.99. The molecule has 152 valence electrons. The van der Waals surface area contributed by atoms with Crippen LogP contribution in [0.25, 0.3) is 0 Å². The van der Waals surface area contributed by atoms with Crippen molar-refractivity contribution in [1.82, 2.24) is 10.6 Å². The van der Waals surface area contributed by atoms with Crippen molar-refractivity contribution < 1.29 is 13.6 Å². The molecule has 5 nitrogen and oxygen atoms in total. The molecule has 0 bridgehead atoms. The number of nitrogens with one attached hydrogen (secondary N) is 3. The Morgan fingerprint density at radius 3 is 2.43 bits per heavy atom. The van der Waals surface area contributed by atoms with Gasteiger partial charge in [-0.3, -0.25) is 4.79 Å². The Labute approximate surface area is 181 Å². The zero-order valence-electron chi connectivity index (χ0n) is 15.9. The molecule has 0 aliphatic heterocycles. The molecular weight excluding hydrogens is 477 g/mol. The highest BCUT2D eigenvalue weighted by Gasteiger charge is 2.04. The van der Waals surface area contributed by atoms with E-state index in [-0.39, 0.29) is 42.0 Å². The lowest BCUT2D eigenvalue weighted by molar-refractivity contribution is -0.114. The normalized spacial score (nSPS) is 10.8. The van der Waals surface area contributed by atoms with Crippen molar-refractivity contribution in [2.24, 2.45) is 4.99 Å². The van der Waals surface area contributed by atoms with Gasteiger partial charge in [0.2, 0.25) is 5.91 Å². The van der Waals surface area contributed by atoms with Crippen molar-refractivity contribution in [3.63, 3.8) is 0 Å². The highest BCUT2D eigenvalue weighted by atomic mass is 127. The van der Waals surface area contributed by atoms with Gasteiger partial charge in [-0.1, -0.05) is 12.1 Å². The summed E-state index contributed by atoms with van der Waals surface area (Å²) in [6.45, 7) is 4.72. The van der Waals surface area contributed by atoms with Crippen LogP contribution in [0.2, 0.25) is 0 Å². The summed E-state index contributed by atoms with van der Waals surface area (Å²) in [7, 11) is 0. The molecule has 2 aromatic carbocycles. The monoisotopic (exact) mass is 502 g/mol. The molecule has 0 heterocycles. The SMILES string of the molecule is CCNC(=NCc1cc(F)ccc1F)NCCc1ccc(NC(C)=O)cc1.I. The van der Waals surface area contributed by atoms with E-state index in [1.54, 1.807) is 0 Å². The summed E-state index contributed by atoms with van der Waals surface area (Å²) in [5, 5.41) is 8.98. The van der Waals surface area contributed by atoms with Gasteiger partial charge in [-0.25, -0.2) is 13.8 Å². The number of carbonyl (C=O) groups excluding carboxylic acids is 1. The zero-order valence-corrected chi connectivity index (χ0v) is 18.2. The van der Waals surface area contributed by atoms with Crippen LogP contribution in [0.1, 0.15) is 25.0 Å². The van der Waals surface area contributed by atoms with Gasteiger partial charge >= 0.3 is 0 Å². The number of aliphatic imine (C=N–C) groups is 1. The minimum Gasteiger partial charge on any atom is -0.357 e.